The van der Waals surface area contributed by atoms with Gasteiger partial charge in [-0.3, -0.25) is 4.79 Å². The van der Waals surface area contributed by atoms with Crippen LogP contribution in [0, 0.1) is 18.6 Å². The van der Waals surface area contributed by atoms with Crippen molar-refractivity contribution in [3.8, 4) is 0 Å². The van der Waals surface area contributed by atoms with Crippen molar-refractivity contribution in [2.75, 3.05) is 7.05 Å². The van der Waals surface area contributed by atoms with Crippen LogP contribution in [0.4, 0.5) is 8.78 Å². The Morgan fingerprint density at radius 1 is 1.10 bits per heavy atom. The van der Waals surface area contributed by atoms with Gasteiger partial charge in [0.05, 0.1) is 5.56 Å². The maximum atomic E-state index is 13.9. The van der Waals surface area contributed by atoms with E-state index in [0.29, 0.717) is 11.1 Å². The lowest BCUT2D eigenvalue weighted by Crippen LogP contribution is -2.27. The molecule has 20 heavy (non-hydrogen) atoms. The Kier molecular flexibility index (Phi) is 4.13. The smallest absolute Gasteiger partial charge is 0.256 e. The number of halogens is 2. The standard InChI is InChI=1S/C16H15F2NO/c1-11-6-5-8-13(15(11)18)16(20)19(2)10-12-7-3-4-9-14(12)17/h3-9H,10H2,1-2H3. The summed E-state index contributed by atoms with van der Waals surface area (Å²) in [7, 11) is 1.52. The van der Waals surface area contributed by atoms with Crippen LogP contribution in [0.2, 0.25) is 0 Å². The zero-order valence-electron chi connectivity index (χ0n) is 11.4. The summed E-state index contributed by atoms with van der Waals surface area (Å²) in [6.45, 7) is 1.70. The third-order valence-electron chi connectivity index (χ3n) is 3.13. The first-order valence-corrected chi connectivity index (χ1v) is 6.24. The van der Waals surface area contributed by atoms with Gasteiger partial charge in [0, 0.05) is 19.2 Å². The molecule has 0 saturated carbocycles. The summed E-state index contributed by atoms with van der Waals surface area (Å²) in [5.41, 5.74) is 0.815. The SMILES string of the molecule is Cc1cccc(C(=O)N(C)Cc2ccccc2F)c1F. The van der Waals surface area contributed by atoms with E-state index in [2.05, 4.69) is 0 Å². The molecule has 0 unspecified atom stereocenters. The predicted molar refractivity (Wildman–Crippen MR) is 73.3 cm³/mol. The molecule has 2 rings (SSSR count). The van der Waals surface area contributed by atoms with E-state index in [1.807, 2.05) is 0 Å². The molecule has 104 valence electrons. The van der Waals surface area contributed by atoms with Crippen molar-refractivity contribution in [2.45, 2.75) is 13.5 Å². The molecular formula is C16H15F2NO. The molecule has 0 bridgehead atoms. The molecule has 2 aromatic carbocycles. The Bertz CT molecular complexity index is 640. The molecule has 2 nitrogen and oxygen atoms in total. The number of carbonyl (C=O) groups is 1. The quantitative estimate of drug-likeness (QED) is 0.839. The molecule has 0 aliphatic carbocycles. The highest BCUT2D eigenvalue weighted by Gasteiger charge is 2.18. The van der Waals surface area contributed by atoms with Gasteiger partial charge in [-0.2, -0.15) is 0 Å². The van der Waals surface area contributed by atoms with E-state index < -0.39 is 11.7 Å². The van der Waals surface area contributed by atoms with Gasteiger partial charge in [-0.1, -0.05) is 30.3 Å². The molecule has 0 saturated heterocycles. The molecule has 0 radical (unpaired) electrons. The molecule has 0 aromatic heterocycles. The topological polar surface area (TPSA) is 20.3 Å². The molecule has 0 fully saturated rings. The summed E-state index contributed by atoms with van der Waals surface area (Å²) < 4.78 is 27.5. The molecule has 0 spiro atoms. The Morgan fingerprint density at radius 3 is 2.50 bits per heavy atom. The van der Waals surface area contributed by atoms with Crippen LogP contribution in [0.5, 0.6) is 0 Å². The van der Waals surface area contributed by atoms with Crippen LogP contribution in [0.15, 0.2) is 42.5 Å². The Morgan fingerprint density at radius 2 is 1.80 bits per heavy atom. The fourth-order valence-corrected chi connectivity index (χ4v) is 1.97. The first-order chi connectivity index (χ1) is 9.50. The number of rotatable bonds is 3. The van der Waals surface area contributed by atoms with Crippen LogP contribution in [-0.2, 0) is 6.54 Å². The molecule has 0 atom stereocenters. The van der Waals surface area contributed by atoms with Crippen molar-refractivity contribution in [2.24, 2.45) is 0 Å². The second-order valence-corrected chi connectivity index (χ2v) is 4.69. The van der Waals surface area contributed by atoms with Gasteiger partial charge in [-0.05, 0) is 24.6 Å². The monoisotopic (exact) mass is 275 g/mol. The minimum Gasteiger partial charge on any atom is -0.337 e. The fourth-order valence-electron chi connectivity index (χ4n) is 1.97. The molecule has 1 amide bonds. The van der Waals surface area contributed by atoms with Gasteiger partial charge in [0.1, 0.15) is 11.6 Å². The van der Waals surface area contributed by atoms with Crippen molar-refractivity contribution >= 4 is 5.91 Å². The zero-order valence-corrected chi connectivity index (χ0v) is 11.4. The maximum absolute atomic E-state index is 13.9. The molecule has 4 heteroatoms. The van der Waals surface area contributed by atoms with Gasteiger partial charge in [0.15, 0.2) is 0 Å². The molecule has 0 N–H and O–H groups in total. The third kappa shape index (κ3) is 2.85. The second-order valence-electron chi connectivity index (χ2n) is 4.69. The van der Waals surface area contributed by atoms with E-state index in [-0.39, 0.29) is 17.9 Å². The minimum absolute atomic E-state index is 0.00355. The number of nitrogens with zero attached hydrogens (tertiary/aromatic N) is 1. The zero-order chi connectivity index (χ0) is 14.7. The van der Waals surface area contributed by atoms with Crippen LogP contribution in [-0.4, -0.2) is 17.9 Å². The lowest BCUT2D eigenvalue weighted by Gasteiger charge is -2.18. The van der Waals surface area contributed by atoms with E-state index in [0.717, 1.165) is 0 Å². The first kappa shape index (κ1) is 14.2. The molecular weight excluding hydrogens is 260 g/mol. The largest absolute Gasteiger partial charge is 0.337 e. The summed E-state index contributed by atoms with van der Waals surface area (Å²) in [5, 5.41) is 0. The average molecular weight is 275 g/mol. The Hall–Kier alpha value is -2.23. The molecule has 0 aliphatic heterocycles. The Labute approximate surface area is 116 Å². The van der Waals surface area contributed by atoms with Crippen molar-refractivity contribution in [1.82, 2.24) is 4.90 Å². The number of carbonyl (C=O) groups excluding carboxylic acids is 1. The van der Waals surface area contributed by atoms with Gasteiger partial charge in [-0.25, -0.2) is 8.78 Å². The summed E-state index contributed by atoms with van der Waals surface area (Å²) >= 11 is 0. The predicted octanol–water partition coefficient (Wildman–Crippen LogP) is 3.55. The van der Waals surface area contributed by atoms with Gasteiger partial charge in [0.25, 0.3) is 5.91 Å². The highest BCUT2D eigenvalue weighted by atomic mass is 19.1. The van der Waals surface area contributed by atoms with E-state index in [9.17, 15) is 13.6 Å². The van der Waals surface area contributed by atoms with Crippen LogP contribution in [0.3, 0.4) is 0 Å². The normalized spacial score (nSPS) is 10.4. The lowest BCUT2D eigenvalue weighted by atomic mass is 10.1. The maximum Gasteiger partial charge on any atom is 0.256 e. The summed E-state index contributed by atoms with van der Waals surface area (Å²) in [4.78, 5) is 13.5. The van der Waals surface area contributed by atoms with E-state index in [1.54, 1.807) is 37.3 Å². The van der Waals surface area contributed by atoms with Gasteiger partial charge in [0.2, 0.25) is 0 Å². The molecule has 0 heterocycles. The third-order valence-corrected chi connectivity index (χ3v) is 3.13. The highest BCUT2D eigenvalue weighted by molar-refractivity contribution is 5.94. The van der Waals surface area contributed by atoms with E-state index in [1.165, 1.54) is 24.1 Å². The number of hydrogen-bond donors (Lipinski definition) is 0. The molecule has 0 aliphatic rings. The van der Waals surface area contributed by atoms with Gasteiger partial charge >= 0.3 is 0 Å². The average Bonchev–Trinajstić information content (AvgIpc) is 2.43. The van der Waals surface area contributed by atoms with Gasteiger partial charge in [-0.15, -0.1) is 0 Å². The van der Waals surface area contributed by atoms with Crippen molar-refractivity contribution in [3.63, 3.8) is 0 Å². The highest BCUT2D eigenvalue weighted by Crippen LogP contribution is 2.16. The minimum atomic E-state index is -0.530. The summed E-state index contributed by atoms with van der Waals surface area (Å²) in [6, 6.07) is 10.9. The van der Waals surface area contributed by atoms with Gasteiger partial charge < -0.3 is 4.90 Å². The first-order valence-electron chi connectivity index (χ1n) is 6.24. The van der Waals surface area contributed by atoms with Crippen LogP contribution >= 0.6 is 0 Å². The van der Waals surface area contributed by atoms with E-state index >= 15 is 0 Å². The Balaban J connectivity index is 2.21. The van der Waals surface area contributed by atoms with Crippen LogP contribution in [0.1, 0.15) is 21.5 Å². The number of amides is 1. The van der Waals surface area contributed by atoms with Crippen molar-refractivity contribution in [3.05, 3.63) is 70.8 Å². The van der Waals surface area contributed by atoms with E-state index in [4.69, 9.17) is 0 Å². The van der Waals surface area contributed by atoms with Crippen molar-refractivity contribution in [1.29, 1.82) is 0 Å². The fraction of sp³-hybridized carbons (Fsp3) is 0.188. The van der Waals surface area contributed by atoms with Crippen LogP contribution < -0.4 is 0 Å². The van der Waals surface area contributed by atoms with Crippen LogP contribution in [0.25, 0.3) is 0 Å². The summed E-state index contributed by atoms with van der Waals surface area (Å²) in [5.74, 6) is -1.37. The van der Waals surface area contributed by atoms with Crippen molar-refractivity contribution < 1.29 is 13.6 Å². The second kappa shape index (κ2) is 5.82. The molecule has 2 aromatic rings. The lowest BCUT2D eigenvalue weighted by molar-refractivity contribution is 0.0779. The number of aryl methyl sites for hydroxylation is 1. The summed E-state index contributed by atoms with van der Waals surface area (Å²) in [6.07, 6.45) is 0. The number of benzene rings is 2. The number of hydrogen-bond acceptors (Lipinski definition) is 1.